The summed E-state index contributed by atoms with van der Waals surface area (Å²) in [5, 5.41) is 1.14. The van der Waals surface area contributed by atoms with Gasteiger partial charge in [0.1, 0.15) is 0 Å². The van der Waals surface area contributed by atoms with Gasteiger partial charge in [-0.25, -0.2) is 5.48 Å². The number of hydrogen-bond donors (Lipinski definition) is 1. The van der Waals surface area contributed by atoms with Crippen LogP contribution in [-0.4, -0.2) is 12.5 Å². The van der Waals surface area contributed by atoms with Gasteiger partial charge in [-0.2, -0.15) is 0 Å². The van der Waals surface area contributed by atoms with Gasteiger partial charge < -0.3 is 0 Å². The van der Waals surface area contributed by atoms with Gasteiger partial charge >= 0.3 is 0 Å². The monoisotopic (exact) mass is 263 g/mol. The lowest BCUT2D eigenvalue weighted by molar-refractivity contribution is 0.0211. The molecule has 0 saturated carbocycles. The van der Waals surface area contributed by atoms with Gasteiger partial charge in [-0.3, -0.25) is 9.63 Å². The van der Waals surface area contributed by atoms with Gasteiger partial charge in [0.15, 0.2) is 0 Å². The molecule has 1 N–H and O–H groups in total. The Kier molecular flexibility index (Phi) is 3.99. The number of benzene rings is 1. The number of carbonyl (C=O) groups is 1. The van der Waals surface area contributed by atoms with Gasteiger partial charge in [0.25, 0.3) is 5.91 Å². The molecular weight excluding hydrogens is 246 g/mol. The average molecular weight is 263 g/mol. The third kappa shape index (κ3) is 2.71. The zero-order valence-electron chi connectivity index (χ0n) is 10.8. The highest BCUT2D eigenvalue weighted by Gasteiger charge is 2.15. The Hall–Kier alpha value is -1.39. The topological polar surface area (TPSA) is 38.3 Å². The first kappa shape index (κ1) is 13.1. The van der Waals surface area contributed by atoms with Crippen molar-refractivity contribution in [2.45, 2.75) is 20.8 Å². The van der Waals surface area contributed by atoms with E-state index in [-0.39, 0.29) is 5.91 Å². The summed E-state index contributed by atoms with van der Waals surface area (Å²) in [5.41, 5.74) is 3.52. The first-order valence-corrected chi connectivity index (χ1v) is 6.81. The first-order chi connectivity index (χ1) is 8.59. The number of fused-ring (bicyclic) bond motifs is 1. The highest BCUT2D eigenvalue weighted by Crippen LogP contribution is 2.30. The van der Waals surface area contributed by atoms with Crippen molar-refractivity contribution in [1.82, 2.24) is 5.48 Å². The highest BCUT2D eigenvalue weighted by atomic mass is 32.1. The Morgan fingerprint density at radius 3 is 2.78 bits per heavy atom. The fourth-order valence-electron chi connectivity index (χ4n) is 1.71. The van der Waals surface area contributed by atoms with Crippen LogP contribution >= 0.6 is 11.3 Å². The van der Waals surface area contributed by atoms with Crippen LogP contribution in [0.15, 0.2) is 24.3 Å². The molecule has 0 aliphatic heterocycles. The molecule has 1 aromatic carbocycles. The van der Waals surface area contributed by atoms with Crippen LogP contribution in [0.3, 0.4) is 0 Å². The molecule has 0 unspecified atom stereocenters. The summed E-state index contributed by atoms with van der Waals surface area (Å²) in [6, 6.07) is 8.03. The molecule has 0 radical (unpaired) electrons. The van der Waals surface area contributed by atoms with Crippen molar-refractivity contribution >= 4 is 27.3 Å². The zero-order chi connectivity index (χ0) is 13.1. The number of thiophene rings is 1. The molecule has 1 heterocycles. The van der Waals surface area contributed by atoms with E-state index < -0.39 is 0 Å². The van der Waals surface area contributed by atoms with E-state index in [1.807, 2.05) is 45.0 Å². The van der Waals surface area contributed by atoms with Crippen LogP contribution in [0.5, 0.6) is 0 Å². The molecule has 3 nitrogen and oxygen atoms in total. The lowest BCUT2D eigenvalue weighted by Gasteiger charge is -2.07. The number of hydrogen-bond acceptors (Lipinski definition) is 3. The molecule has 0 bridgehead atoms. The number of amides is 1. The van der Waals surface area contributed by atoms with Crippen molar-refractivity contribution in [2.24, 2.45) is 5.92 Å². The number of rotatable bonds is 4. The third-order valence-corrected chi connectivity index (χ3v) is 3.90. The molecule has 18 heavy (non-hydrogen) atoms. The van der Waals surface area contributed by atoms with E-state index in [0.717, 1.165) is 20.5 Å². The fourth-order valence-corrected chi connectivity index (χ4v) is 2.81. The minimum atomic E-state index is -0.158. The van der Waals surface area contributed by atoms with Crippen LogP contribution in [0, 0.1) is 12.8 Å². The molecule has 2 rings (SSSR count). The second-order valence-electron chi connectivity index (χ2n) is 4.69. The molecular formula is C14H17NO2S. The predicted octanol–water partition coefficient (Wildman–Crippen LogP) is 3.53. The highest BCUT2D eigenvalue weighted by molar-refractivity contribution is 7.21. The summed E-state index contributed by atoms with van der Waals surface area (Å²) in [6.07, 6.45) is 0. The van der Waals surface area contributed by atoms with Crippen LogP contribution in [0.25, 0.3) is 10.1 Å². The summed E-state index contributed by atoms with van der Waals surface area (Å²) < 4.78 is 1.13. The van der Waals surface area contributed by atoms with Crippen molar-refractivity contribution in [3.05, 3.63) is 34.7 Å². The number of nitrogens with one attached hydrogen (secondary N) is 1. The molecule has 1 amide bonds. The number of aryl methyl sites for hydroxylation is 1. The third-order valence-electron chi connectivity index (χ3n) is 2.63. The summed E-state index contributed by atoms with van der Waals surface area (Å²) in [5.74, 6) is 0.239. The second kappa shape index (κ2) is 5.50. The van der Waals surface area contributed by atoms with Crippen LogP contribution < -0.4 is 5.48 Å². The summed E-state index contributed by atoms with van der Waals surface area (Å²) in [4.78, 5) is 17.9. The van der Waals surface area contributed by atoms with Crippen molar-refractivity contribution in [3.63, 3.8) is 0 Å². The molecule has 0 spiro atoms. The Morgan fingerprint density at radius 2 is 2.11 bits per heavy atom. The van der Waals surface area contributed by atoms with Gasteiger partial charge in [-0.05, 0) is 29.9 Å². The summed E-state index contributed by atoms with van der Waals surface area (Å²) >= 11 is 1.50. The van der Waals surface area contributed by atoms with E-state index in [2.05, 4.69) is 5.48 Å². The van der Waals surface area contributed by atoms with Gasteiger partial charge in [-0.1, -0.05) is 32.0 Å². The first-order valence-electron chi connectivity index (χ1n) is 6.00. The standard InChI is InChI=1S/C14H17NO2S/c1-9(2)8-17-15-14(16)13-10(3)11-6-4-5-7-12(11)18-13/h4-7,9H,8H2,1-3H3,(H,15,16). The minimum absolute atomic E-state index is 0.158. The lowest BCUT2D eigenvalue weighted by atomic mass is 10.1. The van der Waals surface area contributed by atoms with Crippen molar-refractivity contribution in [1.29, 1.82) is 0 Å². The Bertz CT molecular complexity index is 560. The number of hydroxylamine groups is 1. The number of carbonyl (C=O) groups excluding carboxylic acids is 1. The predicted molar refractivity (Wildman–Crippen MR) is 74.8 cm³/mol. The maximum Gasteiger partial charge on any atom is 0.285 e. The average Bonchev–Trinajstić information content (AvgIpc) is 2.67. The van der Waals surface area contributed by atoms with E-state index in [1.165, 1.54) is 11.3 Å². The lowest BCUT2D eigenvalue weighted by Crippen LogP contribution is -2.25. The second-order valence-corrected chi connectivity index (χ2v) is 5.74. The molecule has 4 heteroatoms. The van der Waals surface area contributed by atoms with E-state index in [9.17, 15) is 4.79 Å². The molecule has 0 saturated heterocycles. The summed E-state index contributed by atoms with van der Waals surface area (Å²) in [6.45, 7) is 6.57. The fraction of sp³-hybridized carbons (Fsp3) is 0.357. The van der Waals surface area contributed by atoms with Crippen molar-refractivity contribution < 1.29 is 9.63 Å². The Morgan fingerprint density at radius 1 is 1.39 bits per heavy atom. The van der Waals surface area contributed by atoms with Gasteiger partial charge in [0.2, 0.25) is 0 Å². The van der Waals surface area contributed by atoms with E-state index in [4.69, 9.17) is 4.84 Å². The van der Waals surface area contributed by atoms with Crippen LogP contribution in [0.1, 0.15) is 29.1 Å². The van der Waals surface area contributed by atoms with Gasteiger partial charge in [-0.15, -0.1) is 11.3 Å². The SMILES string of the molecule is Cc1c(C(=O)NOCC(C)C)sc2ccccc12. The Labute approximate surface area is 111 Å². The van der Waals surface area contributed by atoms with Crippen molar-refractivity contribution in [2.75, 3.05) is 6.61 Å². The largest absolute Gasteiger partial charge is 0.285 e. The van der Waals surface area contributed by atoms with Crippen molar-refractivity contribution in [3.8, 4) is 0 Å². The van der Waals surface area contributed by atoms with Gasteiger partial charge in [0.05, 0.1) is 11.5 Å². The van der Waals surface area contributed by atoms with E-state index in [1.54, 1.807) is 0 Å². The molecule has 0 atom stereocenters. The summed E-state index contributed by atoms with van der Waals surface area (Å²) in [7, 11) is 0. The molecule has 0 fully saturated rings. The van der Waals surface area contributed by atoms with E-state index >= 15 is 0 Å². The molecule has 0 aliphatic carbocycles. The quantitative estimate of drug-likeness (QED) is 0.857. The zero-order valence-corrected chi connectivity index (χ0v) is 11.6. The molecule has 0 aliphatic rings. The normalized spacial score (nSPS) is 11.1. The molecule has 96 valence electrons. The maximum absolute atomic E-state index is 12.0. The maximum atomic E-state index is 12.0. The molecule has 1 aromatic heterocycles. The smallest absolute Gasteiger partial charge is 0.273 e. The Balaban J connectivity index is 2.15. The van der Waals surface area contributed by atoms with Gasteiger partial charge in [0, 0.05) is 4.70 Å². The molecule has 2 aromatic rings. The van der Waals surface area contributed by atoms with E-state index in [0.29, 0.717) is 12.5 Å². The van der Waals surface area contributed by atoms with Crippen LogP contribution in [0.4, 0.5) is 0 Å². The van der Waals surface area contributed by atoms with Crippen LogP contribution in [0.2, 0.25) is 0 Å². The minimum Gasteiger partial charge on any atom is -0.273 e. The van der Waals surface area contributed by atoms with Crippen LogP contribution in [-0.2, 0) is 4.84 Å².